The number of hydrogen-bond acceptors (Lipinski definition) is 6. The van der Waals surface area contributed by atoms with Gasteiger partial charge in [-0.3, -0.25) is 0 Å². The molecule has 2 aliphatic heterocycles. The van der Waals surface area contributed by atoms with E-state index in [1.54, 1.807) is 6.92 Å². The Bertz CT molecular complexity index is 762. The Kier molecular flexibility index (Phi) is 3.02. The van der Waals surface area contributed by atoms with Gasteiger partial charge in [-0.15, -0.1) is 0 Å². The topological polar surface area (TPSA) is 82.1 Å². The lowest BCUT2D eigenvalue weighted by molar-refractivity contribution is -0.152. The highest BCUT2D eigenvalue weighted by atomic mass is 16.7. The second-order valence-electron chi connectivity index (χ2n) is 5.76. The Morgan fingerprint density at radius 1 is 1.13 bits per heavy atom. The van der Waals surface area contributed by atoms with E-state index in [0.717, 1.165) is 11.1 Å². The molecular formula is C17H14O6. The van der Waals surface area contributed by atoms with Gasteiger partial charge in [0.25, 0.3) is 6.29 Å². The van der Waals surface area contributed by atoms with Crippen LogP contribution in [0.2, 0.25) is 0 Å². The molecule has 0 bridgehead atoms. The molecule has 0 unspecified atom stereocenters. The predicted molar refractivity (Wildman–Crippen MR) is 76.5 cm³/mol. The number of cyclic esters (lactones) is 1. The van der Waals surface area contributed by atoms with Gasteiger partial charge in [-0.05, 0) is 18.1 Å². The summed E-state index contributed by atoms with van der Waals surface area (Å²) in [6.07, 6.45) is 0.558. The summed E-state index contributed by atoms with van der Waals surface area (Å²) in [5, 5.41) is 10.5. The van der Waals surface area contributed by atoms with E-state index in [1.807, 2.05) is 24.3 Å². The van der Waals surface area contributed by atoms with Gasteiger partial charge in [-0.25, -0.2) is 9.59 Å². The van der Waals surface area contributed by atoms with Crippen molar-refractivity contribution >= 4 is 11.9 Å². The maximum atomic E-state index is 12.1. The van der Waals surface area contributed by atoms with Crippen LogP contribution in [-0.4, -0.2) is 23.3 Å². The third-order valence-electron chi connectivity index (χ3n) is 4.38. The van der Waals surface area contributed by atoms with Crippen molar-refractivity contribution in [3.8, 4) is 0 Å². The lowest BCUT2D eigenvalue weighted by atomic mass is 9.95. The first-order chi connectivity index (χ1) is 11.1. The van der Waals surface area contributed by atoms with Gasteiger partial charge in [0.05, 0.1) is 23.9 Å². The van der Waals surface area contributed by atoms with Gasteiger partial charge in [0.2, 0.25) is 0 Å². The van der Waals surface area contributed by atoms with Crippen molar-refractivity contribution in [1.82, 2.24) is 0 Å². The van der Waals surface area contributed by atoms with Crippen molar-refractivity contribution < 1.29 is 28.9 Å². The molecule has 1 aromatic rings. The number of fused-ring (bicyclic) bond motifs is 3. The molecule has 0 radical (unpaired) electrons. The Morgan fingerprint density at radius 3 is 2.57 bits per heavy atom. The molecule has 6 nitrogen and oxygen atoms in total. The van der Waals surface area contributed by atoms with Gasteiger partial charge in [0, 0.05) is 11.6 Å². The Morgan fingerprint density at radius 2 is 1.87 bits per heavy atom. The van der Waals surface area contributed by atoms with E-state index in [1.165, 1.54) is 12.3 Å². The summed E-state index contributed by atoms with van der Waals surface area (Å²) < 4.78 is 15.7. The molecule has 0 aromatic heterocycles. The maximum Gasteiger partial charge on any atom is 0.338 e. The highest BCUT2D eigenvalue weighted by Gasteiger charge is 2.51. The average Bonchev–Trinajstić information content (AvgIpc) is 3.12. The monoisotopic (exact) mass is 314 g/mol. The zero-order valence-electron chi connectivity index (χ0n) is 12.3. The standard InChI is InChI=1S/C17H14O6/c1-8-6-12(22-16(8)19)21-7-11-13-14(18)9-4-2-3-5-10(9)15(13)23-17(11)20/h2-7,12-15,18H,1H3/b11-7+/t12-,13+,14+,15-/m1/s1. The number of esters is 2. The summed E-state index contributed by atoms with van der Waals surface area (Å²) in [6.45, 7) is 1.62. The highest BCUT2D eigenvalue weighted by molar-refractivity contribution is 5.92. The van der Waals surface area contributed by atoms with Crippen LogP contribution in [0, 0.1) is 5.92 Å². The van der Waals surface area contributed by atoms with Gasteiger partial charge in [-0.2, -0.15) is 0 Å². The van der Waals surface area contributed by atoms with Crippen LogP contribution in [0.15, 0.2) is 47.7 Å². The molecule has 118 valence electrons. The van der Waals surface area contributed by atoms with Crippen LogP contribution < -0.4 is 0 Å². The number of aliphatic hydroxyl groups is 1. The minimum atomic E-state index is -0.859. The smallest absolute Gasteiger partial charge is 0.338 e. The lowest BCUT2D eigenvalue weighted by Crippen LogP contribution is -2.14. The minimum absolute atomic E-state index is 0.243. The van der Waals surface area contributed by atoms with E-state index in [4.69, 9.17) is 14.2 Å². The third-order valence-corrected chi connectivity index (χ3v) is 4.38. The van der Waals surface area contributed by atoms with Crippen molar-refractivity contribution in [2.24, 2.45) is 5.92 Å². The van der Waals surface area contributed by atoms with E-state index in [2.05, 4.69) is 0 Å². The van der Waals surface area contributed by atoms with Crippen LogP contribution >= 0.6 is 0 Å². The third kappa shape index (κ3) is 2.06. The first kappa shape index (κ1) is 14.0. The molecule has 2 heterocycles. The SMILES string of the molecule is CC1=C[C@H](O/C=C2/C(=O)O[C@@H]3c4ccccc4[C@H](O)[C@H]23)OC1=O. The van der Waals surface area contributed by atoms with Gasteiger partial charge in [0.15, 0.2) is 0 Å². The lowest BCUT2D eigenvalue weighted by Gasteiger charge is -2.13. The number of rotatable bonds is 2. The molecule has 1 saturated heterocycles. The van der Waals surface area contributed by atoms with Gasteiger partial charge in [0.1, 0.15) is 6.10 Å². The molecule has 6 heteroatoms. The predicted octanol–water partition coefficient (Wildman–Crippen LogP) is 1.68. The Labute approximate surface area is 132 Å². The summed E-state index contributed by atoms with van der Waals surface area (Å²) >= 11 is 0. The number of carbonyl (C=O) groups excluding carboxylic acids is 2. The molecule has 0 amide bonds. The van der Waals surface area contributed by atoms with Gasteiger partial charge >= 0.3 is 11.9 Å². The highest BCUT2D eigenvalue weighted by Crippen LogP contribution is 2.53. The summed E-state index contributed by atoms with van der Waals surface area (Å²) in [5.41, 5.74) is 2.26. The van der Waals surface area contributed by atoms with Crippen LogP contribution in [0.25, 0.3) is 0 Å². The van der Waals surface area contributed by atoms with Gasteiger partial charge < -0.3 is 19.3 Å². The quantitative estimate of drug-likeness (QED) is 0.508. The van der Waals surface area contributed by atoms with Crippen molar-refractivity contribution in [1.29, 1.82) is 0 Å². The van der Waals surface area contributed by atoms with Crippen LogP contribution in [0.1, 0.15) is 30.3 Å². The molecule has 1 aliphatic carbocycles. The van der Waals surface area contributed by atoms with Crippen molar-refractivity contribution in [2.75, 3.05) is 0 Å². The first-order valence-corrected chi connectivity index (χ1v) is 7.29. The van der Waals surface area contributed by atoms with Crippen LogP contribution in [0.5, 0.6) is 0 Å². The second-order valence-corrected chi connectivity index (χ2v) is 5.76. The fraction of sp³-hybridized carbons (Fsp3) is 0.294. The fourth-order valence-corrected chi connectivity index (χ4v) is 3.22. The molecule has 1 fully saturated rings. The summed E-state index contributed by atoms with van der Waals surface area (Å²) in [4.78, 5) is 23.4. The molecule has 23 heavy (non-hydrogen) atoms. The van der Waals surface area contributed by atoms with Crippen molar-refractivity contribution in [2.45, 2.75) is 25.4 Å². The minimum Gasteiger partial charge on any atom is -0.458 e. The molecule has 4 atom stereocenters. The van der Waals surface area contributed by atoms with E-state index in [-0.39, 0.29) is 5.57 Å². The normalized spacial score (nSPS) is 33.1. The number of ether oxygens (including phenoxy) is 3. The largest absolute Gasteiger partial charge is 0.458 e. The average molecular weight is 314 g/mol. The van der Waals surface area contributed by atoms with Crippen LogP contribution in [-0.2, 0) is 23.8 Å². The molecule has 0 spiro atoms. The van der Waals surface area contributed by atoms with Crippen LogP contribution in [0.3, 0.4) is 0 Å². The summed E-state index contributed by atoms with van der Waals surface area (Å²) in [6, 6.07) is 7.32. The number of benzene rings is 1. The fourth-order valence-electron chi connectivity index (χ4n) is 3.22. The maximum absolute atomic E-state index is 12.1. The number of aliphatic hydroxyl groups excluding tert-OH is 1. The van der Waals surface area contributed by atoms with Gasteiger partial charge in [-0.1, -0.05) is 24.3 Å². The molecular weight excluding hydrogens is 300 g/mol. The number of hydrogen-bond donors (Lipinski definition) is 1. The summed E-state index contributed by atoms with van der Waals surface area (Å²) in [5.74, 6) is -1.49. The molecule has 1 aromatic carbocycles. The van der Waals surface area contributed by atoms with Crippen molar-refractivity contribution in [3.63, 3.8) is 0 Å². The van der Waals surface area contributed by atoms with E-state index < -0.39 is 36.4 Å². The second kappa shape index (κ2) is 4.96. The molecule has 4 rings (SSSR count). The van der Waals surface area contributed by atoms with Crippen molar-refractivity contribution in [3.05, 3.63) is 58.9 Å². The van der Waals surface area contributed by atoms with Crippen LogP contribution in [0.4, 0.5) is 0 Å². The Hall–Kier alpha value is -2.60. The van der Waals surface area contributed by atoms with E-state index >= 15 is 0 Å². The zero-order chi connectivity index (χ0) is 16.1. The molecule has 3 aliphatic rings. The Balaban J connectivity index is 1.60. The van der Waals surface area contributed by atoms with E-state index in [9.17, 15) is 14.7 Å². The number of carbonyl (C=O) groups is 2. The van der Waals surface area contributed by atoms with E-state index in [0.29, 0.717) is 5.57 Å². The molecule has 1 N–H and O–H groups in total. The summed E-state index contributed by atoms with van der Waals surface area (Å²) in [7, 11) is 0. The zero-order valence-corrected chi connectivity index (χ0v) is 12.3. The first-order valence-electron chi connectivity index (χ1n) is 7.29. The molecule has 0 saturated carbocycles.